The normalized spacial score (nSPS) is 14.2. The number of carbonyl (C=O) groups excluding carboxylic acids is 2. The van der Waals surface area contributed by atoms with Crippen LogP contribution in [0.1, 0.15) is 51.7 Å². The molecule has 1 N–H and O–H groups in total. The van der Waals surface area contributed by atoms with Crippen molar-refractivity contribution < 1.29 is 28.2 Å². The molecule has 0 aromatic heterocycles. The van der Waals surface area contributed by atoms with Crippen molar-refractivity contribution in [3.05, 3.63) is 65.5 Å². The van der Waals surface area contributed by atoms with Gasteiger partial charge in [-0.3, -0.25) is 0 Å². The van der Waals surface area contributed by atoms with E-state index in [-0.39, 0.29) is 0 Å². The molecule has 2 rings (SSSR count). The standard InChI is InChI=1S/C24H30FNO5/c1-15(26-23(28)31-24(3,4)5)22(27)30-16(2)21(17-10-8-7-9-11-17)19-13-12-18(25)14-20(19)29-6/h7-16,21H,1-6H3,(H,26,28)/t15-,16-,21+/m0/s1. The van der Waals surface area contributed by atoms with Gasteiger partial charge >= 0.3 is 12.1 Å². The average Bonchev–Trinajstić information content (AvgIpc) is 2.68. The maximum atomic E-state index is 13.7. The Kier molecular flexibility index (Phi) is 8.02. The van der Waals surface area contributed by atoms with Crippen LogP contribution in [0.2, 0.25) is 0 Å². The minimum absolute atomic E-state index is 0.358. The predicted octanol–water partition coefficient (Wildman–Crippen LogP) is 4.81. The smallest absolute Gasteiger partial charge is 0.408 e. The zero-order chi connectivity index (χ0) is 23.2. The Bertz CT molecular complexity index is 895. The molecule has 6 nitrogen and oxygen atoms in total. The lowest BCUT2D eigenvalue weighted by Gasteiger charge is -2.28. The first kappa shape index (κ1) is 24.2. The van der Waals surface area contributed by atoms with Crippen molar-refractivity contribution in [3.8, 4) is 5.75 Å². The summed E-state index contributed by atoms with van der Waals surface area (Å²) in [5.74, 6) is -1.08. The van der Waals surface area contributed by atoms with Crippen molar-refractivity contribution in [1.82, 2.24) is 5.32 Å². The topological polar surface area (TPSA) is 73.9 Å². The summed E-state index contributed by atoms with van der Waals surface area (Å²) in [5.41, 5.74) is 0.877. The van der Waals surface area contributed by atoms with Crippen LogP contribution in [-0.4, -0.2) is 36.9 Å². The number of alkyl carbamates (subject to hydrolysis) is 1. The Hall–Kier alpha value is -3.09. The molecule has 0 heterocycles. The van der Waals surface area contributed by atoms with E-state index in [9.17, 15) is 14.0 Å². The van der Waals surface area contributed by atoms with Gasteiger partial charge in [0, 0.05) is 17.5 Å². The zero-order valence-electron chi connectivity index (χ0n) is 18.8. The summed E-state index contributed by atoms with van der Waals surface area (Å²) in [7, 11) is 1.46. The van der Waals surface area contributed by atoms with Gasteiger partial charge in [-0.2, -0.15) is 0 Å². The predicted molar refractivity (Wildman–Crippen MR) is 116 cm³/mol. The lowest BCUT2D eigenvalue weighted by atomic mass is 9.86. The second-order valence-corrected chi connectivity index (χ2v) is 8.28. The third-order valence-corrected chi connectivity index (χ3v) is 4.55. The van der Waals surface area contributed by atoms with Gasteiger partial charge in [-0.1, -0.05) is 36.4 Å². The Morgan fingerprint density at radius 1 is 1.03 bits per heavy atom. The number of hydrogen-bond donors (Lipinski definition) is 1. The fourth-order valence-corrected chi connectivity index (χ4v) is 3.20. The number of ether oxygens (including phenoxy) is 3. The van der Waals surface area contributed by atoms with Gasteiger partial charge < -0.3 is 19.5 Å². The molecular formula is C24H30FNO5. The summed E-state index contributed by atoms with van der Waals surface area (Å²) >= 11 is 0. The molecule has 3 atom stereocenters. The molecule has 0 unspecified atom stereocenters. The molecule has 31 heavy (non-hydrogen) atoms. The third kappa shape index (κ3) is 6.98. The highest BCUT2D eigenvalue weighted by Gasteiger charge is 2.30. The maximum Gasteiger partial charge on any atom is 0.408 e. The molecule has 2 aromatic rings. The van der Waals surface area contributed by atoms with Gasteiger partial charge in [-0.15, -0.1) is 0 Å². The molecule has 168 valence electrons. The SMILES string of the molecule is COc1cc(F)ccc1[C@@H](c1ccccc1)[C@H](C)OC(=O)[C@H](C)NC(=O)OC(C)(C)C. The molecule has 7 heteroatoms. The van der Waals surface area contributed by atoms with Gasteiger partial charge in [-0.25, -0.2) is 14.0 Å². The second kappa shape index (κ2) is 10.3. The van der Waals surface area contributed by atoms with Crippen LogP contribution in [0, 0.1) is 5.82 Å². The van der Waals surface area contributed by atoms with Crippen molar-refractivity contribution >= 4 is 12.1 Å². The van der Waals surface area contributed by atoms with E-state index in [4.69, 9.17) is 14.2 Å². The molecule has 0 aliphatic carbocycles. The van der Waals surface area contributed by atoms with E-state index in [2.05, 4.69) is 5.32 Å². The number of nitrogens with one attached hydrogen (secondary N) is 1. The minimum atomic E-state index is -0.913. The highest BCUT2D eigenvalue weighted by molar-refractivity contribution is 5.81. The van der Waals surface area contributed by atoms with E-state index in [0.29, 0.717) is 11.3 Å². The van der Waals surface area contributed by atoms with Gasteiger partial charge in [0.2, 0.25) is 0 Å². The molecule has 0 saturated carbocycles. The monoisotopic (exact) mass is 431 g/mol. The quantitative estimate of drug-likeness (QED) is 0.637. The van der Waals surface area contributed by atoms with Crippen LogP contribution in [0.25, 0.3) is 0 Å². The Labute approximate surface area is 182 Å². The van der Waals surface area contributed by atoms with Crippen LogP contribution >= 0.6 is 0 Å². The van der Waals surface area contributed by atoms with Crippen LogP contribution in [0.3, 0.4) is 0 Å². The third-order valence-electron chi connectivity index (χ3n) is 4.55. The van der Waals surface area contributed by atoms with E-state index < -0.39 is 41.5 Å². The van der Waals surface area contributed by atoms with Crippen molar-refractivity contribution in [3.63, 3.8) is 0 Å². The van der Waals surface area contributed by atoms with E-state index in [1.54, 1.807) is 33.8 Å². The van der Waals surface area contributed by atoms with E-state index in [1.165, 1.54) is 26.2 Å². The minimum Gasteiger partial charge on any atom is -0.496 e. The van der Waals surface area contributed by atoms with Gasteiger partial charge in [0.15, 0.2) is 0 Å². The fourth-order valence-electron chi connectivity index (χ4n) is 3.20. The summed E-state index contributed by atoms with van der Waals surface area (Å²) < 4.78 is 30.0. The summed E-state index contributed by atoms with van der Waals surface area (Å²) in [4.78, 5) is 24.6. The maximum absolute atomic E-state index is 13.7. The molecule has 0 fully saturated rings. The van der Waals surface area contributed by atoms with Crippen molar-refractivity contribution in [1.29, 1.82) is 0 Å². The van der Waals surface area contributed by atoms with Crippen LogP contribution in [-0.2, 0) is 14.3 Å². The number of methoxy groups -OCH3 is 1. The molecule has 0 saturated heterocycles. The van der Waals surface area contributed by atoms with E-state index >= 15 is 0 Å². The number of amides is 1. The van der Waals surface area contributed by atoms with Crippen LogP contribution in [0.15, 0.2) is 48.5 Å². The van der Waals surface area contributed by atoms with Crippen molar-refractivity contribution in [2.24, 2.45) is 0 Å². The summed E-state index contributed by atoms with van der Waals surface area (Å²) in [5, 5.41) is 2.48. The lowest BCUT2D eigenvalue weighted by molar-refractivity contribution is -0.150. The molecule has 0 spiro atoms. The number of carbonyl (C=O) groups is 2. The first-order valence-electron chi connectivity index (χ1n) is 10.1. The summed E-state index contributed by atoms with van der Waals surface area (Å²) in [6.07, 6.45) is -1.33. The zero-order valence-corrected chi connectivity index (χ0v) is 18.8. The Balaban J connectivity index is 2.24. The molecule has 1 amide bonds. The van der Waals surface area contributed by atoms with Crippen LogP contribution in [0.4, 0.5) is 9.18 Å². The Morgan fingerprint density at radius 3 is 2.26 bits per heavy atom. The van der Waals surface area contributed by atoms with Gasteiger partial charge in [0.1, 0.15) is 29.3 Å². The van der Waals surface area contributed by atoms with Gasteiger partial charge in [-0.05, 0) is 46.2 Å². The first-order chi connectivity index (χ1) is 14.5. The van der Waals surface area contributed by atoms with Crippen LogP contribution < -0.4 is 10.1 Å². The molecule has 0 aliphatic rings. The molecule has 2 aromatic carbocycles. The molecule has 0 radical (unpaired) electrons. The first-order valence-corrected chi connectivity index (χ1v) is 10.1. The average molecular weight is 432 g/mol. The van der Waals surface area contributed by atoms with Crippen LogP contribution in [0.5, 0.6) is 5.75 Å². The largest absolute Gasteiger partial charge is 0.496 e. The number of hydrogen-bond acceptors (Lipinski definition) is 5. The number of rotatable bonds is 7. The van der Waals surface area contributed by atoms with E-state index in [1.807, 2.05) is 30.3 Å². The van der Waals surface area contributed by atoms with Crippen molar-refractivity contribution in [2.75, 3.05) is 7.11 Å². The molecule has 0 bridgehead atoms. The lowest BCUT2D eigenvalue weighted by Crippen LogP contribution is -2.43. The highest BCUT2D eigenvalue weighted by atomic mass is 19.1. The molecule has 0 aliphatic heterocycles. The molecular weight excluding hydrogens is 401 g/mol. The highest BCUT2D eigenvalue weighted by Crippen LogP contribution is 2.36. The van der Waals surface area contributed by atoms with Gasteiger partial charge in [0.05, 0.1) is 7.11 Å². The van der Waals surface area contributed by atoms with E-state index in [0.717, 1.165) is 5.56 Å². The van der Waals surface area contributed by atoms with Crippen molar-refractivity contribution in [2.45, 2.75) is 58.3 Å². The fraction of sp³-hybridized carbons (Fsp3) is 0.417. The Morgan fingerprint density at radius 2 is 1.68 bits per heavy atom. The van der Waals surface area contributed by atoms with Gasteiger partial charge in [0.25, 0.3) is 0 Å². The summed E-state index contributed by atoms with van der Waals surface area (Å²) in [6.45, 7) is 8.47. The second-order valence-electron chi connectivity index (χ2n) is 8.28. The number of benzene rings is 2. The number of halogens is 1. The summed E-state index contributed by atoms with van der Waals surface area (Å²) in [6, 6.07) is 12.8. The number of esters is 1.